The van der Waals surface area contributed by atoms with Gasteiger partial charge in [-0.3, -0.25) is 14.4 Å². The van der Waals surface area contributed by atoms with Crippen LogP contribution in [0.4, 0.5) is 0 Å². The molecule has 0 spiro atoms. The number of carboxylic acids is 1. The Labute approximate surface area is 194 Å². The van der Waals surface area contributed by atoms with Crippen LogP contribution >= 0.6 is 12.6 Å². The van der Waals surface area contributed by atoms with Crippen LogP contribution < -0.4 is 21.7 Å². The fraction of sp³-hybridized carbons (Fsp3) is 0.350. The summed E-state index contributed by atoms with van der Waals surface area (Å²) < 4.78 is 0. The number of hydrogen-bond donors (Lipinski definition) is 8. The van der Waals surface area contributed by atoms with Crippen LogP contribution in [-0.4, -0.2) is 74.3 Å². The molecule has 0 fully saturated rings. The van der Waals surface area contributed by atoms with E-state index in [1.807, 2.05) is 0 Å². The number of hydrogen-bond acceptors (Lipinski definition) is 8. The third kappa shape index (κ3) is 8.46. The summed E-state index contributed by atoms with van der Waals surface area (Å²) in [6.07, 6.45) is 3.20. The lowest BCUT2D eigenvalue weighted by Gasteiger charge is -2.21. The van der Waals surface area contributed by atoms with Gasteiger partial charge >= 0.3 is 5.97 Å². The number of carboxylic acid groups (broad SMARTS) is 1. The van der Waals surface area contributed by atoms with Crippen molar-refractivity contribution in [3.63, 3.8) is 0 Å². The van der Waals surface area contributed by atoms with Gasteiger partial charge in [-0.15, -0.1) is 0 Å². The van der Waals surface area contributed by atoms with Crippen molar-refractivity contribution in [1.82, 2.24) is 25.9 Å². The van der Waals surface area contributed by atoms with Gasteiger partial charge in [-0.25, -0.2) is 9.78 Å². The van der Waals surface area contributed by atoms with Gasteiger partial charge in [-0.2, -0.15) is 12.6 Å². The molecular formula is C20H26N6O6S. The van der Waals surface area contributed by atoms with Gasteiger partial charge in [0.05, 0.1) is 18.9 Å². The lowest BCUT2D eigenvalue weighted by atomic mass is 10.0. The van der Waals surface area contributed by atoms with Crippen molar-refractivity contribution in [3.05, 3.63) is 48.0 Å². The maximum atomic E-state index is 12.7. The summed E-state index contributed by atoms with van der Waals surface area (Å²) in [5, 5.41) is 25.8. The number of H-pyrrole nitrogens is 1. The highest BCUT2D eigenvalue weighted by Crippen LogP contribution is 2.11. The molecule has 12 nitrogen and oxygen atoms in total. The van der Waals surface area contributed by atoms with Crippen LogP contribution in [0.5, 0.6) is 5.75 Å². The van der Waals surface area contributed by atoms with Gasteiger partial charge in [0.25, 0.3) is 0 Å². The van der Waals surface area contributed by atoms with E-state index in [2.05, 4.69) is 38.5 Å². The number of rotatable bonds is 12. The molecule has 0 aliphatic rings. The highest BCUT2D eigenvalue weighted by Gasteiger charge is 2.26. The summed E-state index contributed by atoms with van der Waals surface area (Å²) in [5.41, 5.74) is 7.08. The number of aromatic amines is 1. The van der Waals surface area contributed by atoms with Gasteiger partial charge in [0.1, 0.15) is 17.8 Å². The van der Waals surface area contributed by atoms with Gasteiger partial charge in [0.15, 0.2) is 0 Å². The standard InChI is InChI=1S/C20H26N6O6S/c21-14(6-12-7-22-10-24-12)18(29)23-8-17(28)25-15(5-11-1-3-13(27)4-2-11)19(30)26-16(9-33)20(31)32/h1-4,7,10,14-16,27,33H,5-6,8-9,21H2,(H,22,24)(H,23,29)(H,25,28)(H,26,30)(H,31,32). The highest BCUT2D eigenvalue weighted by atomic mass is 32.1. The predicted molar refractivity (Wildman–Crippen MR) is 120 cm³/mol. The minimum absolute atomic E-state index is 0.0179. The molecule has 2 rings (SSSR count). The zero-order valence-corrected chi connectivity index (χ0v) is 18.4. The van der Waals surface area contributed by atoms with E-state index in [0.29, 0.717) is 11.3 Å². The van der Waals surface area contributed by atoms with E-state index in [4.69, 9.17) is 10.8 Å². The van der Waals surface area contributed by atoms with Crippen LogP contribution in [0.2, 0.25) is 0 Å². The number of aliphatic carboxylic acids is 1. The van der Waals surface area contributed by atoms with E-state index in [9.17, 15) is 24.3 Å². The first-order chi connectivity index (χ1) is 15.7. The highest BCUT2D eigenvalue weighted by molar-refractivity contribution is 7.80. The van der Waals surface area contributed by atoms with Crippen molar-refractivity contribution >= 4 is 36.3 Å². The lowest BCUT2D eigenvalue weighted by Crippen LogP contribution is -2.55. The minimum atomic E-state index is -1.27. The number of nitrogens with two attached hydrogens (primary N) is 1. The summed E-state index contributed by atoms with van der Waals surface area (Å²) in [6, 6.07) is 2.65. The van der Waals surface area contributed by atoms with E-state index < -0.39 is 48.4 Å². The Kier molecular flexibility index (Phi) is 9.69. The van der Waals surface area contributed by atoms with Crippen molar-refractivity contribution in [2.75, 3.05) is 12.3 Å². The average molecular weight is 479 g/mol. The largest absolute Gasteiger partial charge is 0.508 e. The number of aromatic nitrogens is 2. The monoisotopic (exact) mass is 478 g/mol. The second-order valence-electron chi connectivity index (χ2n) is 7.18. The smallest absolute Gasteiger partial charge is 0.327 e. The number of phenolic OH excluding ortho intramolecular Hbond substituents is 1. The average Bonchev–Trinajstić information content (AvgIpc) is 3.29. The Balaban J connectivity index is 1.98. The second-order valence-corrected chi connectivity index (χ2v) is 7.54. The van der Waals surface area contributed by atoms with Crippen molar-refractivity contribution in [2.24, 2.45) is 5.73 Å². The predicted octanol–water partition coefficient (Wildman–Crippen LogP) is -1.67. The molecule has 0 aliphatic heterocycles. The Morgan fingerprint density at radius 3 is 2.33 bits per heavy atom. The molecule has 13 heteroatoms. The summed E-state index contributed by atoms with van der Waals surface area (Å²) in [6.45, 7) is -0.441. The SMILES string of the molecule is NC(Cc1cnc[nH]1)C(=O)NCC(=O)NC(Cc1ccc(O)cc1)C(=O)NC(CS)C(=O)O. The summed E-state index contributed by atoms with van der Waals surface area (Å²) in [5.74, 6) is -3.37. The molecule has 0 bridgehead atoms. The zero-order valence-electron chi connectivity index (χ0n) is 17.5. The zero-order chi connectivity index (χ0) is 24.4. The summed E-state index contributed by atoms with van der Waals surface area (Å²) in [7, 11) is 0. The van der Waals surface area contributed by atoms with E-state index >= 15 is 0 Å². The molecule has 3 amide bonds. The third-order valence-corrected chi connectivity index (χ3v) is 4.94. The van der Waals surface area contributed by atoms with E-state index in [1.54, 1.807) is 12.1 Å². The maximum Gasteiger partial charge on any atom is 0.327 e. The maximum absolute atomic E-state index is 12.7. The van der Waals surface area contributed by atoms with Gasteiger partial charge in [0.2, 0.25) is 17.7 Å². The van der Waals surface area contributed by atoms with Crippen LogP contribution in [0.15, 0.2) is 36.8 Å². The molecule has 1 heterocycles. The van der Waals surface area contributed by atoms with Crippen molar-refractivity contribution in [3.8, 4) is 5.75 Å². The fourth-order valence-corrected chi connectivity index (χ4v) is 3.05. The molecule has 33 heavy (non-hydrogen) atoms. The number of carbonyl (C=O) groups is 4. The van der Waals surface area contributed by atoms with Crippen molar-refractivity contribution in [2.45, 2.75) is 31.0 Å². The van der Waals surface area contributed by atoms with Gasteiger partial charge < -0.3 is 36.9 Å². The van der Waals surface area contributed by atoms with E-state index in [0.717, 1.165) is 0 Å². The Morgan fingerprint density at radius 2 is 1.76 bits per heavy atom. The Morgan fingerprint density at radius 1 is 1.06 bits per heavy atom. The topological polar surface area (TPSA) is 200 Å². The summed E-state index contributed by atoms with van der Waals surface area (Å²) in [4.78, 5) is 55.1. The number of phenols is 1. The number of nitrogens with zero attached hydrogens (tertiary/aromatic N) is 1. The third-order valence-electron chi connectivity index (χ3n) is 4.58. The first-order valence-electron chi connectivity index (χ1n) is 9.91. The van der Waals surface area contributed by atoms with Crippen LogP contribution in [0.25, 0.3) is 0 Å². The minimum Gasteiger partial charge on any atom is -0.508 e. The molecule has 0 aliphatic carbocycles. The molecule has 0 saturated carbocycles. The van der Waals surface area contributed by atoms with Crippen molar-refractivity contribution in [1.29, 1.82) is 0 Å². The number of benzene rings is 1. The van der Waals surface area contributed by atoms with Crippen LogP contribution in [0.3, 0.4) is 0 Å². The van der Waals surface area contributed by atoms with Gasteiger partial charge in [0, 0.05) is 30.5 Å². The molecule has 3 atom stereocenters. The molecule has 2 aromatic rings. The molecule has 0 radical (unpaired) electrons. The Hall–Kier alpha value is -3.58. The molecule has 8 N–H and O–H groups in total. The molecule has 1 aromatic heterocycles. The van der Waals surface area contributed by atoms with E-state index in [1.165, 1.54) is 24.7 Å². The molecule has 0 saturated heterocycles. The Bertz CT molecular complexity index is 952. The molecular weight excluding hydrogens is 452 g/mol. The normalized spacial score (nSPS) is 13.4. The van der Waals surface area contributed by atoms with Crippen molar-refractivity contribution < 1.29 is 29.4 Å². The summed E-state index contributed by atoms with van der Waals surface area (Å²) >= 11 is 3.91. The molecule has 1 aromatic carbocycles. The number of thiol groups is 1. The lowest BCUT2D eigenvalue weighted by molar-refractivity contribution is -0.141. The quantitative estimate of drug-likeness (QED) is 0.165. The molecule has 3 unspecified atom stereocenters. The first-order valence-corrected chi connectivity index (χ1v) is 10.5. The van der Waals surface area contributed by atoms with E-state index in [-0.39, 0.29) is 24.3 Å². The van der Waals surface area contributed by atoms with Gasteiger partial charge in [-0.1, -0.05) is 12.1 Å². The number of nitrogens with one attached hydrogen (secondary N) is 4. The number of imidazole rings is 1. The van der Waals surface area contributed by atoms with Crippen LogP contribution in [-0.2, 0) is 32.0 Å². The van der Waals surface area contributed by atoms with Gasteiger partial charge in [-0.05, 0) is 17.7 Å². The number of carbonyl (C=O) groups excluding carboxylic acids is 3. The fourth-order valence-electron chi connectivity index (χ4n) is 2.80. The number of amides is 3. The molecule has 178 valence electrons. The van der Waals surface area contributed by atoms with Crippen LogP contribution in [0.1, 0.15) is 11.3 Å². The van der Waals surface area contributed by atoms with Crippen LogP contribution in [0, 0.1) is 0 Å². The first kappa shape index (κ1) is 25.7. The number of aromatic hydroxyl groups is 1. The second kappa shape index (κ2) is 12.5.